The molecule has 184 valence electrons. The molecular weight excluding hydrogens is 444 g/mol. The normalized spacial score (nSPS) is 13.0. The van der Waals surface area contributed by atoms with Crippen LogP contribution in [0, 0.1) is 5.92 Å². The van der Waals surface area contributed by atoms with Gasteiger partial charge in [0.25, 0.3) is 0 Å². The average molecular weight is 481 g/mol. The number of amides is 1. The lowest BCUT2D eigenvalue weighted by atomic mass is 10.0. The molecular formula is C23H36N4O5S. The summed E-state index contributed by atoms with van der Waals surface area (Å²) >= 11 is 0. The lowest BCUT2D eigenvalue weighted by Crippen LogP contribution is -2.45. The fraction of sp³-hybridized carbons (Fsp3) is 0.609. The third kappa shape index (κ3) is 6.11. The maximum atomic E-state index is 12.9. The smallest absolute Gasteiger partial charge is 0.328 e. The van der Waals surface area contributed by atoms with Gasteiger partial charge >= 0.3 is 5.97 Å². The highest BCUT2D eigenvalue weighted by atomic mass is 32.2. The predicted octanol–water partition coefficient (Wildman–Crippen LogP) is 2.72. The highest BCUT2D eigenvalue weighted by Gasteiger charge is 2.26. The van der Waals surface area contributed by atoms with E-state index in [0.717, 1.165) is 11.9 Å². The van der Waals surface area contributed by atoms with Gasteiger partial charge in [0, 0.05) is 32.5 Å². The summed E-state index contributed by atoms with van der Waals surface area (Å²) in [4.78, 5) is 29.3. The van der Waals surface area contributed by atoms with Gasteiger partial charge in [-0.2, -0.15) is 4.31 Å². The lowest BCUT2D eigenvalue weighted by Gasteiger charge is -2.19. The van der Waals surface area contributed by atoms with Crippen LogP contribution >= 0.6 is 0 Å². The van der Waals surface area contributed by atoms with Crippen molar-refractivity contribution in [2.45, 2.75) is 71.4 Å². The summed E-state index contributed by atoms with van der Waals surface area (Å²) < 4.78 is 34.0. The number of esters is 1. The van der Waals surface area contributed by atoms with Crippen molar-refractivity contribution in [2.24, 2.45) is 5.92 Å². The first-order valence-electron chi connectivity index (χ1n) is 11.5. The van der Waals surface area contributed by atoms with Crippen LogP contribution in [0.1, 0.15) is 53.3 Å². The van der Waals surface area contributed by atoms with Crippen molar-refractivity contribution in [3.8, 4) is 0 Å². The number of aromatic nitrogens is 2. The number of imidazole rings is 1. The second-order valence-corrected chi connectivity index (χ2v) is 10.2. The largest absolute Gasteiger partial charge is 0.467 e. The van der Waals surface area contributed by atoms with Gasteiger partial charge in [-0.15, -0.1) is 0 Å². The van der Waals surface area contributed by atoms with Crippen LogP contribution in [0.4, 0.5) is 0 Å². The van der Waals surface area contributed by atoms with Crippen LogP contribution in [0.25, 0.3) is 11.0 Å². The molecule has 0 saturated heterocycles. The summed E-state index contributed by atoms with van der Waals surface area (Å²) in [5.74, 6) is -0.131. The van der Waals surface area contributed by atoms with Gasteiger partial charge < -0.3 is 14.6 Å². The maximum absolute atomic E-state index is 12.9. The van der Waals surface area contributed by atoms with Crippen molar-refractivity contribution in [1.82, 2.24) is 19.2 Å². The van der Waals surface area contributed by atoms with E-state index in [0.29, 0.717) is 37.4 Å². The maximum Gasteiger partial charge on any atom is 0.328 e. The van der Waals surface area contributed by atoms with Gasteiger partial charge in [-0.05, 0) is 30.5 Å². The number of benzene rings is 1. The van der Waals surface area contributed by atoms with Crippen LogP contribution < -0.4 is 5.32 Å². The topological polar surface area (TPSA) is 111 Å². The molecule has 10 heteroatoms. The Balaban J connectivity index is 2.30. The molecule has 33 heavy (non-hydrogen) atoms. The van der Waals surface area contributed by atoms with E-state index in [1.807, 2.05) is 39.2 Å². The van der Waals surface area contributed by atoms with Crippen LogP contribution in [0.5, 0.6) is 0 Å². The number of hydrogen-bond acceptors (Lipinski definition) is 6. The Morgan fingerprint density at radius 1 is 1.18 bits per heavy atom. The van der Waals surface area contributed by atoms with Gasteiger partial charge in [0.05, 0.1) is 23.0 Å². The highest BCUT2D eigenvalue weighted by Crippen LogP contribution is 2.24. The Morgan fingerprint density at radius 2 is 1.85 bits per heavy atom. The number of hydrogen-bond donors (Lipinski definition) is 1. The molecule has 0 aliphatic rings. The van der Waals surface area contributed by atoms with Gasteiger partial charge in [-0.25, -0.2) is 18.2 Å². The molecule has 1 aromatic heterocycles. The van der Waals surface area contributed by atoms with Crippen LogP contribution in [-0.2, 0) is 37.3 Å². The number of fused-ring (bicyclic) bond motifs is 1. The predicted molar refractivity (Wildman–Crippen MR) is 127 cm³/mol. The van der Waals surface area contributed by atoms with Gasteiger partial charge in [0.1, 0.15) is 11.9 Å². The minimum absolute atomic E-state index is 0.0998. The number of nitrogens with zero attached hydrogens (tertiary/aromatic N) is 3. The van der Waals surface area contributed by atoms with Crippen LogP contribution in [-0.4, -0.2) is 60.4 Å². The number of sulfonamides is 1. The molecule has 0 saturated carbocycles. The monoisotopic (exact) mass is 480 g/mol. The Bertz CT molecular complexity index is 1070. The fourth-order valence-electron chi connectivity index (χ4n) is 3.79. The molecule has 1 aromatic carbocycles. The summed E-state index contributed by atoms with van der Waals surface area (Å²) in [6.07, 6.45) is 1.38. The molecule has 1 atom stereocenters. The van der Waals surface area contributed by atoms with Crippen molar-refractivity contribution >= 4 is 32.9 Å². The Hall–Kier alpha value is -2.46. The van der Waals surface area contributed by atoms with Crippen molar-refractivity contribution in [3.63, 3.8) is 0 Å². The van der Waals surface area contributed by atoms with E-state index >= 15 is 0 Å². The third-order valence-corrected chi connectivity index (χ3v) is 7.65. The van der Waals surface area contributed by atoms with Gasteiger partial charge in [-0.3, -0.25) is 4.79 Å². The number of ether oxygens (including phenoxy) is 1. The van der Waals surface area contributed by atoms with E-state index in [1.54, 1.807) is 18.2 Å². The van der Waals surface area contributed by atoms with Crippen molar-refractivity contribution in [3.05, 3.63) is 24.0 Å². The molecule has 2 rings (SSSR count). The summed E-state index contributed by atoms with van der Waals surface area (Å²) in [5.41, 5.74) is 1.42. The fourth-order valence-corrected chi connectivity index (χ4v) is 5.27. The minimum atomic E-state index is -3.59. The molecule has 2 aromatic rings. The second-order valence-electron chi connectivity index (χ2n) is 8.23. The number of carbonyl (C=O) groups is 2. The van der Waals surface area contributed by atoms with Crippen molar-refractivity contribution in [2.75, 3.05) is 20.2 Å². The first-order chi connectivity index (χ1) is 15.6. The SMILES string of the molecule is CCCn1c(CCC(=O)NC(C(=O)OC)C(C)C)nc2cc(S(=O)(=O)N(CC)CC)ccc21. The van der Waals surface area contributed by atoms with E-state index in [1.165, 1.54) is 11.4 Å². The first kappa shape index (κ1) is 26.8. The molecule has 0 spiro atoms. The van der Waals surface area contributed by atoms with Crippen LogP contribution in [0.3, 0.4) is 0 Å². The first-order valence-corrected chi connectivity index (χ1v) is 12.9. The van der Waals surface area contributed by atoms with Gasteiger partial charge in [0.2, 0.25) is 15.9 Å². The molecule has 1 N–H and O–H groups in total. The van der Waals surface area contributed by atoms with Crippen molar-refractivity contribution < 1.29 is 22.7 Å². The quantitative estimate of drug-likeness (QED) is 0.468. The van der Waals surface area contributed by atoms with E-state index < -0.39 is 22.0 Å². The zero-order chi connectivity index (χ0) is 24.8. The van der Waals surface area contributed by atoms with Crippen LogP contribution in [0.2, 0.25) is 0 Å². The molecule has 1 heterocycles. The molecule has 1 unspecified atom stereocenters. The Morgan fingerprint density at radius 3 is 2.39 bits per heavy atom. The number of carbonyl (C=O) groups excluding carboxylic acids is 2. The summed E-state index contributed by atoms with van der Waals surface area (Å²) in [5, 5.41) is 2.74. The van der Waals surface area contributed by atoms with E-state index in [2.05, 4.69) is 10.3 Å². The van der Waals surface area contributed by atoms with E-state index in [4.69, 9.17) is 4.74 Å². The molecule has 0 radical (unpaired) electrons. The van der Waals surface area contributed by atoms with E-state index in [-0.39, 0.29) is 23.1 Å². The molecule has 0 aliphatic heterocycles. The summed E-state index contributed by atoms with van der Waals surface area (Å²) in [6.45, 7) is 10.8. The molecule has 1 amide bonds. The number of rotatable bonds is 12. The lowest BCUT2D eigenvalue weighted by molar-refractivity contribution is -0.146. The van der Waals surface area contributed by atoms with Crippen molar-refractivity contribution in [1.29, 1.82) is 0 Å². The number of aryl methyl sites for hydroxylation is 2. The molecule has 0 fully saturated rings. The third-order valence-electron chi connectivity index (χ3n) is 5.60. The standard InChI is InChI=1S/C23H36N4O5S/c1-7-14-27-19-11-10-17(33(30,31)26(8-2)9-3)15-18(19)24-20(27)12-13-21(28)25-22(16(4)5)23(29)32-6/h10-11,15-16,22H,7-9,12-14H2,1-6H3,(H,25,28). The number of methoxy groups -OCH3 is 1. The molecule has 9 nitrogen and oxygen atoms in total. The zero-order valence-electron chi connectivity index (χ0n) is 20.4. The second kappa shape index (κ2) is 11.6. The van der Waals surface area contributed by atoms with E-state index in [9.17, 15) is 18.0 Å². The summed E-state index contributed by atoms with van der Waals surface area (Å²) in [6, 6.07) is 4.29. The zero-order valence-corrected chi connectivity index (χ0v) is 21.2. The molecule has 0 aliphatic carbocycles. The van der Waals surface area contributed by atoms with Crippen LogP contribution in [0.15, 0.2) is 23.1 Å². The Labute approximate surface area is 196 Å². The highest BCUT2D eigenvalue weighted by molar-refractivity contribution is 7.89. The molecule has 0 bridgehead atoms. The average Bonchev–Trinajstić information content (AvgIpc) is 3.13. The minimum Gasteiger partial charge on any atom is -0.467 e. The number of nitrogens with one attached hydrogen (secondary N) is 1. The Kier molecular flexibility index (Phi) is 9.42. The van der Waals surface area contributed by atoms with Gasteiger partial charge in [0.15, 0.2) is 0 Å². The summed E-state index contributed by atoms with van der Waals surface area (Å²) in [7, 11) is -2.29. The van der Waals surface area contributed by atoms with Gasteiger partial charge in [-0.1, -0.05) is 34.6 Å².